The van der Waals surface area contributed by atoms with E-state index in [1.165, 1.54) is 6.33 Å². The second kappa shape index (κ2) is 4.82. The molecule has 0 aliphatic carbocycles. The summed E-state index contributed by atoms with van der Waals surface area (Å²) in [5.41, 5.74) is 6.62. The van der Waals surface area contributed by atoms with Gasteiger partial charge in [0.25, 0.3) is 0 Å². The van der Waals surface area contributed by atoms with Gasteiger partial charge >= 0.3 is 0 Å². The first kappa shape index (κ1) is 14.3. The van der Waals surface area contributed by atoms with E-state index in [2.05, 4.69) is 22.6 Å². The Bertz CT molecular complexity index is 719. The number of rotatable bonds is 2. The Morgan fingerprint density at radius 2 is 2.09 bits per heavy atom. The van der Waals surface area contributed by atoms with E-state index in [1.54, 1.807) is 0 Å². The summed E-state index contributed by atoms with van der Waals surface area (Å²) in [6, 6.07) is 1.89. The van der Waals surface area contributed by atoms with Crippen LogP contribution in [0.2, 0.25) is 0 Å². The van der Waals surface area contributed by atoms with E-state index in [-0.39, 0.29) is 24.5 Å². The number of aromatic nitrogens is 3. The lowest BCUT2D eigenvalue weighted by atomic mass is 10.1. The molecular formula is C14H18N4O3S. The highest BCUT2D eigenvalue weighted by atomic mass is 32.1. The molecule has 2 N–H and O–H groups in total. The average Bonchev–Trinajstić information content (AvgIpc) is 3.10. The number of hydrogen-bond donors (Lipinski definition) is 2. The molecule has 2 aromatic heterocycles. The maximum Gasteiger partial charge on any atom is 0.164 e. The van der Waals surface area contributed by atoms with Gasteiger partial charge in [-0.2, -0.15) is 12.6 Å². The Kier molecular flexibility index (Phi) is 3.12. The number of hydrogen-bond acceptors (Lipinski definition) is 7. The predicted octanol–water partition coefficient (Wildman–Crippen LogP) is 1.36. The van der Waals surface area contributed by atoms with Gasteiger partial charge in [0, 0.05) is 11.9 Å². The third-order valence-corrected chi connectivity index (χ3v) is 4.48. The molecule has 0 radical (unpaired) electrons. The summed E-state index contributed by atoms with van der Waals surface area (Å²) in [5, 5.41) is 0.801. The molecule has 2 saturated heterocycles. The molecule has 4 atom stereocenters. The molecule has 2 aromatic rings. The number of nitrogen functional groups attached to an aromatic ring is 1. The fourth-order valence-electron chi connectivity index (χ4n) is 3.23. The van der Waals surface area contributed by atoms with Crippen LogP contribution in [0.1, 0.15) is 20.1 Å². The van der Waals surface area contributed by atoms with Crippen molar-refractivity contribution in [3.63, 3.8) is 0 Å². The van der Waals surface area contributed by atoms with Crippen molar-refractivity contribution in [3.05, 3.63) is 18.6 Å². The van der Waals surface area contributed by atoms with Gasteiger partial charge in [-0.05, 0) is 19.9 Å². The van der Waals surface area contributed by atoms with Crippen molar-refractivity contribution in [1.29, 1.82) is 0 Å². The summed E-state index contributed by atoms with van der Waals surface area (Å²) >= 11 is 4.37. The minimum Gasteiger partial charge on any atom is -0.383 e. The van der Waals surface area contributed by atoms with E-state index in [0.717, 1.165) is 11.0 Å². The van der Waals surface area contributed by atoms with Gasteiger partial charge in [0.05, 0.1) is 11.5 Å². The zero-order valence-corrected chi connectivity index (χ0v) is 13.2. The Hall–Kier alpha value is -1.35. The van der Waals surface area contributed by atoms with Gasteiger partial charge in [-0.15, -0.1) is 0 Å². The van der Waals surface area contributed by atoms with Gasteiger partial charge in [-0.25, -0.2) is 9.97 Å². The molecule has 2 fully saturated rings. The van der Waals surface area contributed by atoms with Crippen molar-refractivity contribution < 1.29 is 14.2 Å². The van der Waals surface area contributed by atoms with Crippen LogP contribution in [0.3, 0.4) is 0 Å². The highest BCUT2D eigenvalue weighted by Crippen LogP contribution is 2.44. The molecule has 4 rings (SSSR count). The normalized spacial score (nSPS) is 33.4. The zero-order chi connectivity index (χ0) is 15.5. The standard InChI is InChI=1S/C14H18N4O3S/c1-14(2)20-9-8(5-22)19-13(10(9)21-14)18-4-3-7-11(15)16-6-17-12(7)18/h3-4,6,8-10,13,22H,5H2,1-2H3,(H2,15,16,17)/t8-,9-,10-,13?/m1/s1. The minimum absolute atomic E-state index is 0.128. The molecule has 22 heavy (non-hydrogen) atoms. The first-order valence-electron chi connectivity index (χ1n) is 7.19. The second-order valence-corrected chi connectivity index (χ2v) is 6.40. The number of nitrogens with zero attached hydrogens (tertiary/aromatic N) is 3. The van der Waals surface area contributed by atoms with Crippen molar-refractivity contribution in [3.8, 4) is 0 Å². The van der Waals surface area contributed by atoms with E-state index >= 15 is 0 Å². The van der Waals surface area contributed by atoms with E-state index in [0.29, 0.717) is 11.6 Å². The fourth-order valence-corrected chi connectivity index (χ4v) is 3.52. The van der Waals surface area contributed by atoms with Crippen LogP contribution in [0.25, 0.3) is 11.0 Å². The molecule has 8 heteroatoms. The monoisotopic (exact) mass is 322 g/mol. The molecule has 1 unspecified atom stereocenters. The van der Waals surface area contributed by atoms with Gasteiger partial charge in [0.15, 0.2) is 12.0 Å². The van der Waals surface area contributed by atoms with Crippen LogP contribution in [0.4, 0.5) is 5.82 Å². The van der Waals surface area contributed by atoms with Crippen LogP contribution >= 0.6 is 12.6 Å². The van der Waals surface area contributed by atoms with Crippen molar-refractivity contribution in [2.45, 2.75) is 44.2 Å². The summed E-state index contributed by atoms with van der Waals surface area (Å²) in [6.45, 7) is 3.82. The summed E-state index contributed by atoms with van der Waals surface area (Å²) in [6.07, 6.45) is 2.54. The third kappa shape index (κ3) is 2.02. The molecule has 0 amide bonds. The smallest absolute Gasteiger partial charge is 0.164 e. The van der Waals surface area contributed by atoms with Crippen molar-refractivity contribution in [2.75, 3.05) is 11.5 Å². The van der Waals surface area contributed by atoms with Gasteiger partial charge < -0.3 is 24.5 Å². The van der Waals surface area contributed by atoms with E-state index in [4.69, 9.17) is 19.9 Å². The van der Waals surface area contributed by atoms with Gasteiger partial charge in [0.1, 0.15) is 30.0 Å². The Balaban J connectivity index is 1.77. The maximum atomic E-state index is 6.10. The van der Waals surface area contributed by atoms with E-state index in [1.807, 2.05) is 30.7 Å². The SMILES string of the molecule is CC1(C)O[C@@H]2[C@@H](CS)OC(n3ccc4c(N)ncnc43)[C@@H]2O1. The molecule has 0 aromatic carbocycles. The number of fused-ring (bicyclic) bond motifs is 2. The van der Waals surface area contributed by atoms with Crippen LogP contribution in [0.5, 0.6) is 0 Å². The summed E-state index contributed by atoms with van der Waals surface area (Å²) in [5.74, 6) is 0.385. The lowest BCUT2D eigenvalue weighted by Crippen LogP contribution is -2.30. The van der Waals surface area contributed by atoms with Crippen molar-refractivity contribution in [1.82, 2.24) is 14.5 Å². The Labute approximate surface area is 133 Å². The molecule has 4 heterocycles. The van der Waals surface area contributed by atoms with Crippen LogP contribution in [0.15, 0.2) is 18.6 Å². The van der Waals surface area contributed by atoms with Crippen molar-refractivity contribution in [2.24, 2.45) is 0 Å². The lowest BCUT2D eigenvalue weighted by Gasteiger charge is -2.24. The van der Waals surface area contributed by atoms with E-state index in [9.17, 15) is 0 Å². The fraction of sp³-hybridized carbons (Fsp3) is 0.571. The van der Waals surface area contributed by atoms with Gasteiger partial charge in [-0.1, -0.05) is 0 Å². The summed E-state index contributed by atoms with van der Waals surface area (Å²) in [7, 11) is 0. The molecule has 7 nitrogen and oxygen atoms in total. The lowest BCUT2D eigenvalue weighted by molar-refractivity contribution is -0.193. The predicted molar refractivity (Wildman–Crippen MR) is 83.5 cm³/mol. The summed E-state index contributed by atoms with van der Waals surface area (Å²) in [4.78, 5) is 8.34. The largest absolute Gasteiger partial charge is 0.383 e. The van der Waals surface area contributed by atoms with Gasteiger partial charge in [0.2, 0.25) is 0 Å². The molecule has 0 spiro atoms. The number of ether oxygens (including phenoxy) is 3. The number of anilines is 1. The topological polar surface area (TPSA) is 84.4 Å². The quantitative estimate of drug-likeness (QED) is 0.812. The van der Waals surface area contributed by atoms with E-state index < -0.39 is 5.79 Å². The zero-order valence-electron chi connectivity index (χ0n) is 12.3. The Morgan fingerprint density at radius 1 is 1.32 bits per heavy atom. The van der Waals surface area contributed by atoms with Crippen LogP contribution in [-0.4, -0.2) is 44.4 Å². The van der Waals surface area contributed by atoms with Crippen LogP contribution < -0.4 is 5.73 Å². The van der Waals surface area contributed by atoms with Crippen molar-refractivity contribution >= 4 is 29.5 Å². The first-order chi connectivity index (χ1) is 10.5. The van der Waals surface area contributed by atoms with Crippen LogP contribution in [0, 0.1) is 0 Å². The molecule has 0 saturated carbocycles. The number of nitrogens with two attached hydrogens (primary N) is 1. The van der Waals surface area contributed by atoms with Crippen LogP contribution in [-0.2, 0) is 14.2 Å². The second-order valence-electron chi connectivity index (χ2n) is 6.03. The highest BCUT2D eigenvalue weighted by molar-refractivity contribution is 7.80. The molecule has 118 valence electrons. The summed E-state index contributed by atoms with van der Waals surface area (Å²) < 4.78 is 20.0. The number of thiol groups is 1. The average molecular weight is 322 g/mol. The molecular weight excluding hydrogens is 304 g/mol. The maximum absolute atomic E-state index is 6.10. The first-order valence-corrected chi connectivity index (χ1v) is 7.82. The molecule has 0 bridgehead atoms. The highest BCUT2D eigenvalue weighted by Gasteiger charge is 2.55. The molecule has 2 aliphatic rings. The molecule has 2 aliphatic heterocycles. The third-order valence-electron chi connectivity index (χ3n) is 4.12. The van der Waals surface area contributed by atoms with Gasteiger partial charge in [-0.3, -0.25) is 0 Å². The Morgan fingerprint density at radius 3 is 2.86 bits per heavy atom. The minimum atomic E-state index is -0.629.